The largest absolute Gasteiger partial charge is 0.341 e. The van der Waals surface area contributed by atoms with Gasteiger partial charge in [-0.05, 0) is 54.3 Å². The van der Waals surface area contributed by atoms with Crippen LogP contribution in [-0.2, 0) is 6.54 Å². The van der Waals surface area contributed by atoms with Gasteiger partial charge in [-0.15, -0.1) is 0 Å². The molecule has 0 bridgehead atoms. The van der Waals surface area contributed by atoms with Crippen molar-refractivity contribution in [3.05, 3.63) is 81.8 Å². The molecule has 5 aromatic rings. The first-order valence-electron chi connectivity index (χ1n) is 9.47. The van der Waals surface area contributed by atoms with Crippen molar-refractivity contribution in [2.24, 2.45) is 0 Å². The SMILES string of the molecule is C[C@@H](NCc1cc2ccc(Cl)cc2nc1-c1ccsc1)c1nc2ccccc2[nH]1. The van der Waals surface area contributed by atoms with E-state index in [1.165, 1.54) is 0 Å². The van der Waals surface area contributed by atoms with E-state index in [-0.39, 0.29) is 6.04 Å². The number of rotatable bonds is 5. The number of hydrogen-bond donors (Lipinski definition) is 2. The van der Waals surface area contributed by atoms with Gasteiger partial charge in [-0.25, -0.2) is 9.97 Å². The van der Waals surface area contributed by atoms with E-state index in [2.05, 4.69) is 40.1 Å². The highest BCUT2D eigenvalue weighted by molar-refractivity contribution is 7.08. The number of hydrogen-bond acceptors (Lipinski definition) is 4. The van der Waals surface area contributed by atoms with Gasteiger partial charge < -0.3 is 10.3 Å². The normalized spacial score (nSPS) is 12.6. The number of para-hydroxylation sites is 2. The highest BCUT2D eigenvalue weighted by Crippen LogP contribution is 2.29. The molecule has 0 aliphatic carbocycles. The molecule has 3 aromatic heterocycles. The molecule has 0 saturated heterocycles. The van der Waals surface area contributed by atoms with E-state index in [1.807, 2.05) is 42.5 Å². The third-order valence-electron chi connectivity index (χ3n) is 5.07. The Kier molecular flexibility index (Phi) is 4.79. The number of fused-ring (bicyclic) bond motifs is 2. The number of halogens is 1. The van der Waals surface area contributed by atoms with Crippen LogP contribution in [0.3, 0.4) is 0 Å². The van der Waals surface area contributed by atoms with Crippen molar-refractivity contribution in [3.8, 4) is 11.3 Å². The molecule has 2 N–H and O–H groups in total. The summed E-state index contributed by atoms with van der Waals surface area (Å²) in [6.07, 6.45) is 0. The first-order chi connectivity index (χ1) is 14.2. The summed E-state index contributed by atoms with van der Waals surface area (Å²) < 4.78 is 0. The summed E-state index contributed by atoms with van der Waals surface area (Å²) >= 11 is 7.85. The van der Waals surface area contributed by atoms with E-state index in [1.54, 1.807) is 11.3 Å². The molecular weight excluding hydrogens is 400 g/mol. The number of aromatic nitrogens is 3. The van der Waals surface area contributed by atoms with Crippen LogP contribution in [0.5, 0.6) is 0 Å². The maximum absolute atomic E-state index is 6.18. The van der Waals surface area contributed by atoms with Crippen molar-refractivity contribution in [3.63, 3.8) is 0 Å². The van der Waals surface area contributed by atoms with Gasteiger partial charge in [0.1, 0.15) is 5.82 Å². The topological polar surface area (TPSA) is 53.6 Å². The van der Waals surface area contributed by atoms with Crippen molar-refractivity contribution in [2.75, 3.05) is 0 Å². The predicted molar refractivity (Wildman–Crippen MR) is 121 cm³/mol. The maximum Gasteiger partial charge on any atom is 0.124 e. The Bertz CT molecular complexity index is 1260. The number of pyridine rings is 1. The zero-order valence-corrected chi connectivity index (χ0v) is 17.4. The summed E-state index contributed by atoms with van der Waals surface area (Å²) in [6.45, 7) is 2.81. The fraction of sp³-hybridized carbons (Fsp3) is 0.130. The van der Waals surface area contributed by atoms with Crippen molar-refractivity contribution >= 4 is 44.9 Å². The summed E-state index contributed by atoms with van der Waals surface area (Å²) in [5.74, 6) is 0.934. The predicted octanol–water partition coefficient (Wildman–Crippen LogP) is 6.34. The molecule has 2 aromatic carbocycles. The summed E-state index contributed by atoms with van der Waals surface area (Å²) in [6, 6.07) is 18.3. The molecule has 0 unspecified atom stereocenters. The number of H-pyrrole nitrogens is 1. The Balaban J connectivity index is 1.47. The number of benzene rings is 2. The number of nitrogens with zero attached hydrogens (tertiary/aromatic N) is 2. The lowest BCUT2D eigenvalue weighted by molar-refractivity contribution is 0.552. The second-order valence-corrected chi connectivity index (χ2v) is 8.30. The second-order valence-electron chi connectivity index (χ2n) is 7.09. The first-order valence-corrected chi connectivity index (χ1v) is 10.8. The van der Waals surface area contributed by atoms with Crippen LogP contribution in [0.2, 0.25) is 5.02 Å². The molecule has 6 heteroatoms. The van der Waals surface area contributed by atoms with Gasteiger partial charge in [0, 0.05) is 27.9 Å². The van der Waals surface area contributed by atoms with E-state index in [0.717, 1.165) is 44.6 Å². The molecule has 5 rings (SSSR count). The number of aromatic amines is 1. The second kappa shape index (κ2) is 7.59. The minimum absolute atomic E-state index is 0.0821. The minimum Gasteiger partial charge on any atom is -0.341 e. The fourth-order valence-corrected chi connectivity index (χ4v) is 4.31. The van der Waals surface area contributed by atoms with Crippen LogP contribution < -0.4 is 5.32 Å². The minimum atomic E-state index is 0.0821. The van der Waals surface area contributed by atoms with Gasteiger partial charge in [-0.3, -0.25) is 0 Å². The third kappa shape index (κ3) is 3.65. The van der Waals surface area contributed by atoms with Crippen molar-refractivity contribution in [1.82, 2.24) is 20.3 Å². The van der Waals surface area contributed by atoms with E-state index in [0.29, 0.717) is 11.6 Å². The van der Waals surface area contributed by atoms with Gasteiger partial charge in [0.2, 0.25) is 0 Å². The summed E-state index contributed by atoms with van der Waals surface area (Å²) in [5.41, 5.74) is 6.23. The van der Waals surface area contributed by atoms with E-state index in [4.69, 9.17) is 21.6 Å². The van der Waals surface area contributed by atoms with Crippen LogP contribution in [0, 0.1) is 0 Å². The molecule has 0 aliphatic rings. The lowest BCUT2D eigenvalue weighted by atomic mass is 10.0. The van der Waals surface area contributed by atoms with Crippen LogP contribution in [0.4, 0.5) is 0 Å². The fourth-order valence-electron chi connectivity index (χ4n) is 3.51. The molecule has 1 atom stereocenters. The van der Waals surface area contributed by atoms with E-state index >= 15 is 0 Å². The highest BCUT2D eigenvalue weighted by Gasteiger charge is 2.14. The first kappa shape index (κ1) is 18.3. The summed E-state index contributed by atoms with van der Waals surface area (Å²) in [5, 5.41) is 9.59. The lowest BCUT2D eigenvalue weighted by Gasteiger charge is -2.15. The Morgan fingerprint density at radius 1 is 1.07 bits per heavy atom. The Labute approximate surface area is 177 Å². The molecule has 0 aliphatic heterocycles. The molecule has 3 heterocycles. The zero-order valence-electron chi connectivity index (χ0n) is 15.8. The molecule has 0 spiro atoms. The number of thiophene rings is 1. The third-order valence-corrected chi connectivity index (χ3v) is 5.99. The van der Waals surface area contributed by atoms with Gasteiger partial charge in [-0.1, -0.05) is 29.8 Å². The van der Waals surface area contributed by atoms with Crippen LogP contribution >= 0.6 is 22.9 Å². The van der Waals surface area contributed by atoms with Gasteiger partial charge in [0.25, 0.3) is 0 Å². The molecule has 0 fully saturated rings. The summed E-state index contributed by atoms with van der Waals surface area (Å²) in [7, 11) is 0. The van der Waals surface area contributed by atoms with Crippen molar-refractivity contribution in [2.45, 2.75) is 19.5 Å². The molecule has 0 radical (unpaired) electrons. The average molecular weight is 419 g/mol. The quantitative estimate of drug-likeness (QED) is 0.350. The summed E-state index contributed by atoms with van der Waals surface area (Å²) in [4.78, 5) is 13.0. The molecule has 0 amide bonds. The smallest absolute Gasteiger partial charge is 0.124 e. The van der Waals surface area contributed by atoms with Gasteiger partial charge in [-0.2, -0.15) is 11.3 Å². The highest BCUT2D eigenvalue weighted by atomic mass is 35.5. The Morgan fingerprint density at radius 2 is 1.97 bits per heavy atom. The van der Waals surface area contributed by atoms with Crippen molar-refractivity contribution in [1.29, 1.82) is 0 Å². The molecule has 0 saturated carbocycles. The average Bonchev–Trinajstić information content (AvgIpc) is 3.41. The van der Waals surface area contributed by atoms with E-state index < -0.39 is 0 Å². The van der Waals surface area contributed by atoms with Gasteiger partial charge in [0.15, 0.2) is 0 Å². The molecule has 29 heavy (non-hydrogen) atoms. The molecular formula is C23H19ClN4S. The van der Waals surface area contributed by atoms with Crippen molar-refractivity contribution < 1.29 is 0 Å². The maximum atomic E-state index is 6.18. The zero-order chi connectivity index (χ0) is 19.8. The number of imidazole rings is 1. The number of nitrogens with one attached hydrogen (secondary N) is 2. The monoisotopic (exact) mass is 418 g/mol. The molecule has 144 valence electrons. The molecule has 4 nitrogen and oxygen atoms in total. The van der Waals surface area contributed by atoms with Gasteiger partial charge in [0.05, 0.1) is 28.3 Å². The van der Waals surface area contributed by atoms with Crippen LogP contribution in [-0.4, -0.2) is 15.0 Å². The van der Waals surface area contributed by atoms with Gasteiger partial charge >= 0.3 is 0 Å². The van der Waals surface area contributed by atoms with Crippen LogP contribution in [0.25, 0.3) is 33.2 Å². The Hall–Kier alpha value is -2.73. The standard InChI is InChI=1S/C23H19ClN4S/c1-14(23-27-19-4-2-3-5-20(19)28-23)25-12-17-10-15-6-7-18(24)11-21(15)26-22(17)16-8-9-29-13-16/h2-11,13-14,25H,12H2,1H3,(H,27,28)/t14-/m1/s1. The van der Waals surface area contributed by atoms with Crippen LogP contribution in [0.1, 0.15) is 24.4 Å². The Morgan fingerprint density at radius 3 is 2.79 bits per heavy atom. The van der Waals surface area contributed by atoms with Crippen LogP contribution in [0.15, 0.2) is 65.4 Å². The lowest BCUT2D eigenvalue weighted by Crippen LogP contribution is -2.20. The van der Waals surface area contributed by atoms with E-state index in [9.17, 15) is 0 Å².